The number of aryl methyl sites for hydroxylation is 2. The zero-order valence-electron chi connectivity index (χ0n) is 15.4. The zero-order valence-corrected chi connectivity index (χ0v) is 15.4. The molecule has 0 aliphatic rings. The third kappa shape index (κ3) is 4.15. The molecule has 3 aromatic rings. The molecule has 0 aliphatic carbocycles. The van der Waals surface area contributed by atoms with Gasteiger partial charge in [-0.2, -0.15) is 5.10 Å². The van der Waals surface area contributed by atoms with Crippen LogP contribution in [0.25, 0.3) is 11.3 Å². The minimum Gasteiger partial charge on any atom is -0.465 e. The van der Waals surface area contributed by atoms with Gasteiger partial charge in [-0.3, -0.25) is 4.79 Å². The lowest BCUT2D eigenvalue weighted by atomic mass is 10.1. The predicted molar refractivity (Wildman–Crippen MR) is 103 cm³/mol. The van der Waals surface area contributed by atoms with Gasteiger partial charge in [0.2, 0.25) is 0 Å². The molecule has 0 saturated carbocycles. The number of halogens is 1. The van der Waals surface area contributed by atoms with E-state index in [1.165, 1.54) is 30.0 Å². The highest BCUT2D eigenvalue weighted by atomic mass is 19.1. The number of nitrogens with two attached hydrogens (primary N) is 1. The highest BCUT2D eigenvalue weighted by molar-refractivity contribution is 5.90. The third-order valence-corrected chi connectivity index (χ3v) is 4.40. The lowest BCUT2D eigenvalue weighted by molar-refractivity contribution is 0.0597. The molecule has 2 N–H and O–H groups in total. The first kappa shape index (κ1) is 19.4. The van der Waals surface area contributed by atoms with Crippen molar-refractivity contribution in [3.05, 3.63) is 87.5 Å². The number of hydrogen-bond acceptors (Lipinski definition) is 5. The van der Waals surface area contributed by atoms with Crippen LogP contribution in [0.15, 0.2) is 59.4 Å². The van der Waals surface area contributed by atoms with Crippen LogP contribution in [0.5, 0.6) is 0 Å². The van der Waals surface area contributed by atoms with Crippen LogP contribution in [0, 0.1) is 5.82 Å². The van der Waals surface area contributed by atoms with Crippen LogP contribution in [0.2, 0.25) is 0 Å². The Labute approximate surface area is 161 Å². The summed E-state index contributed by atoms with van der Waals surface area (Å²) in [7, 11) is 1.21. The maximum Gasteiger partial charge on any atom is 0.343 e. The number of esters is 1. The number of ether oxygens (including phenoxy) is 1. The number of nitrogens with zero attached hydrogens (tertiary/aromatic N) is 2. The van der Waals surface area contributed by atoms with Crippen molar-refractivity contribution in [1.82, 2.24) is 9.78 Å². The van der Waals surface area contributed by atoms with Crippen LogP contribution in [0.4, 0.5) is 4.39 Å². The van der Waals surface area contributed by atoms with Crippen molar-refractivity contribution < 1.29 is 13.9 Å². The first-order valence-electron chi connectivity index (χ1n) is 8.76. The van der Waals surface area contributed by atoms with Gasteiger partial charge in [-0.15, -0.1) is 0 Å². The Morgan fingerprint density at radius 1 is 1.18 bits per heavy atom. The molecule has 0 spiro atoms. The second kappa shape index (κ2) is 8.58. The smallest absolute Gasteiger partial charge is 0.343 e. The van der Waals surface area contributed by atoms with Crippen molar-refractivity contribution in [2.45, 2.75) is 19.5 Å². The fraction of sp³-hybridized carbons (Fsp3) is 0.190. The summed E-state index contributed by atoms with van der Waals surface area (Å²) in [4.78, 5) is 24.7. The number of carbonyl (C=O) groups excluding carboxylic acids is 1. The number of hydrogen-bond donors (Lipinski definition) is 1. The Bertz CT molecular complexity index is 1050. The van der Waals surface area contributed by atoms with Gasteiger partial charge in [0.05, 0.1) is 12.8 Å². The summed E-state index contributed by atoms with van der Waals surface area (Å²) in [5.41, 5.74) is 7.19. The molecule has 0 bridgehead atoms. The molecule has 0 radical (unpaired) electrons. The summed E-state index contributed by atoms with van der Waals surface area (Å²) in [6, 6.07) is 15.4. The van der Waals surface area contributed by atoms with Gasteiger partial charge in [0, 0.05) is 24.2 Å². The lowest BCUT2D eigenvalue weighted by Crippen LogP contribution is -2.30. The Balaban J connectivity index is 2.05. The van der Waals surface area contributed by atoms with Crippen LogP contribution >= 0.6 is 0 Å². The summed E-state index contributed by atoms with van der Waals surface area (Å²) in [6.07, 6.45) is 0.565. The predicted octanol–water partition coefficient (Wildman–Crippen LogP) is 2.54. The molecule has 0 saturated heterocycles. The van der Waals surface area contributed by atoms with E-state index >= 15 is 0 Å². The van der Waals surface area contributed by atoms with Gasteiger partial charge in [0.1, 0.15) is 11.4 Å². The summed E-state index contributed by atoms with van der Waals surface area (Å²) in [5.74, 6) is -1.17. The number of rotatable bonds is 6. The van der Waals surface area contributed by atoms with E-state index in [0.717, 1.165) is 5.56 Å². The summed E-state index contributed by atoms with van der Waals surface area (Å²) in [6.45, 7) is 0.308. The molecule has 7 heteroatoms. The molecule has 0 unspecified atom stereocenters. The van der Waals surface area contributed by atoms with Crippen LogP contribution in [0.3, 0.4) is 0 Å². The van der Waals surface area contributed by atoms with Gasteiger partial charge in [-0.05, 0) is 36.2 Å². The first-order valence-corrected chi connectivity index (χ1v) is 8.76. The van der Waals surface area contributed by atoms with E-state index in [0.29, 0.717) is 23.2 Å². The molecule has 0 fully saturated rings. The maximum atomic E-state index is 13.8. The summed E-state index contributed by atoms with van der Waals surface area (Å²) < 4.78 is 19.7. The van der Waals surface area contributed by atoms with Gasteiger partial charge < -0.3 is 10.5 Å². The fourth-order valence-corrected chi connectivity index (χ4v) is 2.86. The second-order valence-corrected chi connectivity index (χ2v) is 6.21. The standard InChI is InChI=1S/C21H20FN3O3/c1-28-21(27)17-12-19(15-7-8-18(22)16(11-15)13-23)24-25(20(17)26)10-9-14-5-3-2-4-6-14/h2-8,11-12H,9-10,13,23H2,1H3. The third-order valence-electron chi connectivity index (χ3n) is 4.40. The largest absolute Gasteiger partial charge is 0.465 e. The molecule has 6 nitrogen and oxygen atoms in total. The molecular formula is C21H20FN3O3. The SMILES string of the molecule is COC(=O)c1cc(-c2ccc(F)c(CN)c2)nn(CCc2ccccc2)c1=O. The number of carbonyl (C=O) groups is 1. The molecule has 0 atom stereocenters. The Hall–Kier alpha value is -3.32. The lowest BCUT2D eigenvalue weighted by Gasteiger charge is -2.11. The van der Waals surface area contributed by atoms with Gasteiger partial charge >= 0.3 is 5.97 Å². The molecule has 1 aromatic heterocycles. The molecule has 144 valence electrons. The zero-order chi connectivity index (χ0) is 20.1. The van der Waals surface area contributed by atoms with Crippen LogP contribution < -0.4 is 11.3 Å². The normalized spacial score (nSPS) is 10.7. The Morgan fingerprint density at radius 2 is 1.93 bits per heavy atom. The monoisotopic (exact) mass is 381 g/mol. The second-order valence-electron chi connectivity index (χ2n) is 6.21. The van der Waals surface area contributed by atoms with E-state index in [4.69, 9.17) is 10.5 Å². The minimum absolute atomic E-state index is 0.0250. The summed E-state index contributed by atoms with van der Waals surface area (Å²) in [5, 5.41) is 4.37. The first-order chi connectivity index (χ1) is 13.5. The quantitative estimate of drug-likeness (QED) is 0.663. The molecular weight excluding hydrogens is 361 g/mol. The van der Waals surface area contributed by atoms with Gasteiger partial charge in [0.15, 0.2) is 0 Å². The molecule has 3 rings (SSSR count). The van der Waals surface area contributed by atoms with Crippen molar-refractivity contribution in [1.29, 1.82) is 0 Å². The van der Waals surface area contributed by atoms with Crippen molar-refractivity contribution in [3.8, 4) is 11.3 Å². The highest BCUT2D eigenvalue weighted by Crippen LogP contribution is 2.20. The van der Waals surface area contributed by atoms with E-state index < -0.39 is 17.3 Å². The number of benzene rings is 2. The Morgan fingerprint density at radius 3 is 2.61 bits per heavy atom. The van der Waals surface area contributed by atoms with Crippen LogP contribution in [-0.2, 0) is 24.2 Å². The minimum atomic E-state index is -0.747. The van der Waals surface area contributed by atoms with Crippen molar-refractivity contribution in [2.24, 2.45) is 5.73 Å². The van der Waals surface area contributed by atoms with Gasteiger partial charge in [-0.1, -0.05) is 30.3 Å². The summed E-state index contributed by atoms with van der Waals surface area (Å²) >= 11 is 0. The molecule has 28 heavy (non-hydrogen) atoms. The van der Waals surface area contributed by atoms with E-state index in [-0.39, 0.29) is 18.7 Å². The average Bonchev–Trinajstić information content (AvgIpc) is 2.73. The van der Waals surface area contributed by atoms with E-state index in [1.807, 2.05) is 30.3 Å². The molecule has 0 amide bonds. The van der Waals surface area contributed by atoms with Gasteiger partial charge in [-0.25, -0.2) is 13.9 Å². The van der Waals surface area contributed by atoms with E-state index in [1.54, 1.807) is 6.07 Å². The molecule has 2 aromatic carbocycles. The average molecular weight is 381 g/mol. The van der Waals surface area contributed by atoms with Crippen LogP contribution in [-0.4, -0.2) is 22.9 Å². The van der Waals surface area contributed by atoms with Crippen LogP contribution in [0.1, 0.15) is 21.5 Å². The molecule has 0 aliphatic heterocycles. The van der Waals surface area contributed by atoms with Crippen molar-refractivity contribution >= 4 is 5.97 Å². The van der Waals surface area contributed by atoms with Crippen molar-refractivity contribution in [2.75, 3.05) is 7.11 Å². The van der Waals surface area contributed by atoms with Crippen molar-refractivity contribution in [3.63, 3.8) is 0 Å². The molecule has 1 heterocycles. The topological polar surface area (TPSA) is 87.2 Å². The van der Waals surface area contributed by atoms with E-state index in [9.17, 15) is 14.0 Å². The Kier molecular flexibility index (Phi) is 5.96. The number of methoxy groups -OCH3 is 1. The maximum absolute atomic E-state index is 13.8. The number of aromatic nitrogens is 2. The fourth-order valence-electron chi connectivity index (χ4n) is 2.86. The van der Waals surface area contributed by atoms with E-state index in [2.05, 4.69) is 5.10 Å². The highest BCUT2D eigenvalue weighted by Gasteiger charge is 2.17. The van der Waals surface area contributed by atoms with Gasteiger partial charge in [0.25, 0.3) is 5.56 Å².